The standard InChI is InChI=1S/C10H10N2.BF4/c1-9-7-12(8-11-9)10-5-3-2-4-6-10;2-1(3,4)5/h2-8H,1H3;/q;-1/p+1. The summed E-state index contributed by atoms with van der Waals surface area (Å²) < 4.78 is 41.1. The van der Waals surface area contributed by atoms with Gasteiger partial charge in [0.1, 0.15) is 17.6 Å². The molecule has 1 aromatic carbocycles. The third-order valence-corrected chi connectivity index (χ3v) is 1.82. The van der Waals surface area contributed by atoms with Crippen molar-refractivity contribution in [3.63, 3.8) is 0 Å². The van der Waals surface area contributed by atoms with Gasteiger partial charge in [-0.2, -0.15) is 0 Å². The summed E-state index contributed by atoms with van der Waals surface area (Å²) in [6.45, 7) is 2.04. The van der Waals surface area contributed by atoms with Gasteiger partial charge in [-0.25, -0.2) is 9.55 Å². The second kappa shape index (κ2) is 5.52. The van der Waals surface area contributed by atoms with Crippen molar-refractivity contribution in [2.75, 3.05) is 0 Å². The summed E-state index contributed by atoms with van der Waals surface area (Å²) in [6.07, 6.45) is 4.01. The molecule has 0 aliphatic rings. The fraction of sp³-hybridized carbons (Fsp3) is 0.100. The van der Waals surface area contributed by atoms with Gasteiger partial charge in [-0.1, -0.05) is 18.2 Å². The average molecular weight is 246 g/mol. The number of halogens is 4. The monoisotopic (exact) mass is 246 g/mol. The zero-order chi connectivity index (χ0) is 12.9. The van der Waals surface area contributed by atoms with Crippen LogP contribution in [0.25, 0.3) is 5.69 Å². The summed E-state index contributed by atoms with van der Waals surface area (Å²) in [4.78, 5) is 3.13. The van der Waals surface area contributed by atoms with E-state index in [1.807, 2.05) is 31.5 Å². The van der Waals surface area contributed by atoms with Gasteiger partial charge in [0, 0.05) is 6.92 Å². The Kier molecular flexibility index (Phi) is 4.31. The van der Waals surface area contributed by atoms with E-state index in [4.69, 9.17) is 0 Å². The number of hydrogen-bond acceptors (Lipinski definition) is 0. The lowest BCUT2D eigenvalue weighted by molar-refractivity contribution is -0.594. The smallest absolute Gasteiger partial charge is 0.418 e. The van der Waals surface area contributed by atoms with Gasteiger partial charge in [0.05, 0.1) is 0 Å². The van der Waals surface area contributed by atoms with Crippen molar-refractivity contribution in [2.24, 2.45) is 0 Å². The van der Waals surface area contributed by atoms with Crippen molar-refractivity contribution >= 4 is 7.25 Å². The first-order valence-corrected chi connectivity index (χ1v) is 4.85. The predicted molar refractivity (Wildman–Crippen MR) is 57.2 cm³/mol. The molecule has 7 heteroatoms. The lowest BCUT2D eigenvalue weighted by Crippen LogP contribution is -2.26. The Hall–Kier alpha value is -1.79. The van der Waals surface area contributed by atoms with Gasteiger partial charge in [-0.3, -0.25) is 0 Å². The molecule has 92 valence electrons. The van der Waals surface area contributed by atoms with Crippen molar-refractivity contribution in [1.82, 2.24) is 4.98 Å². The molecule has 0 aliphatic carbocycles. The normalized spacial score (nSPS) is 10.6. The molecule has 0 atom stereocenters. The zero-order valence-electron chi connectivity index (χ0n) is 9.08. The number of para-hydroxylation sites is 1. The molecule has 0 amide bonds. The summed E-state index contributed by atoms with van der Waals surface area (Å²) in [7, 11) is -6.00. The Morgan fingerprint density at radius 2 is 1.59 bits per heavy atom. The summed E-state index contributed by atoms with van der Waals surface area (Å²) in [5, 5.41) is 0. The van der Waals surface area contributed by atoms with Crippen LogP contribution in [0, 0.1) is 6.92 Å². The van der Waals surface area contributed by atoms with Crippen molar-refractivity contribution in [3.8, 4) is 5.69 Å². The maximum Gasteiger partial charge on any atom is 0.673 e. The molecule has 0 radical (unpaired) electrons. The first-order valence-electron chi connectivity index (χ1n) is 4.85. The second-order valence-electron chi connectivity index (χ2n) is 3.32. The van der Waals surface area contributed by atoms with Gasteiger partial charge in [-0.15, -0.1) is 0 Å². The number of rotatable bonds is 1. The Morgan fingerprint density at radius 3 is 2.00 bits per heavy atom. The van der Waals surface area contributed by atoms with E-state index in [1.54, 1.807) is 0 Å². The van der Waals surface area contributed by atoms with Crippen LogP contribution in [0.4, 0.5) is 17.3 Å². The molecule has 1 heterocycles. The largest absolute Gasteiger partial charge is 0.673 e. The first-order chi connectivity index (χ1) is 7.86. The molecule has 0 unspecified atom stereocenters. The van der Waals surface area contributed by atoms with E-state index in [1.165, 1.54) is 11.4 Å². The highest BCUT2D eigenvalue weighted by Crippen LogP contribution is 2.06. The molecule has 2 nitrogen and oxygen atoms in total. The third-order valence-electron chi connectivity index (χ3n) is 1.82. The van der Waals surface area contributed by atoms with Crippen LogP contribution in [0.15, 0.2) is 42.9 Å². The Labute approximate surface area is 96.0 Å². The van der Waals surface area contributed by atoms with Crippen LogP contribution in [0.3, 0.4) is 0 Å². The first kappa shape index (κ1) is 13.3. The molecule has 1 aromatic heterocycles. The highest BCUT2D eigenvalue weighted by atomic mass is 19.5. The highest BCUT2D eigenvalue weighted by Gasteiger charge is 2.20. The van der Waals surface area contributed by atoms with Crippen LogP contribution in [-0.2, 0) is 0 Å². The zero-order valence-corrected chi connectivity index (χ0v) is 9.08. The molecular weight excluding hydrogens is 235 g/mol. The van der Waals surface area contributed by atoms with Gasteiger partial charge in [-0.05, 0) is 12.1 Å². The fourth-order valence-corrected chi connectivity index (χ4v) is 1.20. The number of H-pyrrole nitrogens is 1. The van der Waals surface area contributed by atoms with Crippen LogP contribution < -0.4 is 4.57 Å². The summed E-state index contributed by atoms with van der Waals surface area (Å²) in [6, 6.07) is 10.2. The van der Waals surface area contributed by atoms with Gasteiger partial charge in [0.2, 0.25) is 6.33 Å². The lowest BCUT2D eigenvalue weighted by atomic mass is 10.3. The highest BCUT2D eigenvalue weighted by molar-refractivity contribution is 6.50. The third kappa shape index (κ3) is 5.74. The molecule has 0 fully saturated rings. The lowest BCUT2D eigenvalue weighted by Gasteiger charge is -1.94. The number of aromatic amines is 1. The van der Waals surface area contributed by atoms with Crippen LogP contribution >= 0.6 is 0 Å². The number of benzene rings is 1. The molecule has 0 saturated carbocycles. The minimum absolute atomic E-state index is 1.17. The van der Waals surface area contributed by atoms with Gasteiger partial charge in [0.25, 0.3) is 0 Å². The van der Waals surface area contributed by atoms with E-state index in [0.29, 0.717) is 0 Å². The van der Waals surface area contributed by atoms with E-state index >= 15 is 0 Å². The Morgan fingerprint density at radius 1 is 1.06 bits per heavy atom. The Bertz CT molecular complexity index is 447. The van der Waals surface area contributed by atoms with Crippen LogP contribution in [0.5, 0.6) is 0 Å². The van der Waals surface area contributed by atoms with Crippen LogP contribution in [0.1, 0.15) is 5.69 Å². The van der Waals surface area contributed by atoms with Crippen molar-refractivity contribution in [2.45, 2.75) is 6.92 Å². The Balaban J connectivity index is 0.000000249. The van der Waals surface area contributed by atoms with E-state index in [-0.39, 0.29) is 0 Å². The molecule has 2 aromatic rings. The molecule has 0 aliphatic heterocycles. The van der Waals surface area contributed by atoms with Crippen LogP contribution in [0.2, 0.25) is 0 Å². The number of nitrogens with one attached hydrogen (secondary N) is 1. The molecule has 17 heavy (non-hydrogen) atoms. The van der Waals surface area contributed by atoms with Crippen molar-refractivity contribution < 1.29 is 21.8 Å². The van der Waals surface area contributed by atoms with Gasteiger partial charge in [0.15, 0.2) is 0 Å². The van der Waals surface area contributed by atoms with E-state index in [2.05, 4.69) is 27.9 Å². The molecule has 0 spiro atoms. The fourth-order valence-electron chi connectivity index (χ4n) is 1.20. The van der Waals surface area contributed by atoms with Crippen molar-refractivity contribution in [3.05, 3.63) is 48.5 Å². The van der Waals surface area contributed by atoms with Crippen molar-refractivity contribution in [1.29, 1.82) is 0 Å². The quantitative estimate of drug-likeness (QED) is 0.453. The maximum atomic E-state index is 9.75. The second-order valence-corrected chi connectivity index (χ2v) is 3.32. The maximum absolute atomic E-state index is 9.75. The number of aryl methyl sites for hydroxylation is 1. The molecular formula is C10H11BF4N2. The van der Waals surface area contributed by atoms with E-state index < -0.39 is 7.25 Å². The molecule has 0 bridgehead atoms. The summed E-state index contributed by atoms with van der Waals surface area (Å²) in [5.41, 5.74) is 2.35. The SMILES string of the molecule is Cc1c[n+](-c2ccccc2)c[nH]1.F[B-](F)(F)F. The minimum Gasteiger partial charge on any atom is -0.418 e. The number of imidazole rings is 1. The average Bonchev–Trinajstić information content (AvgIpc) is 2.64. The molecule has 1 N–H and O–H groups in total. The summed E-state index contributed by atoms with van der Waals surface area (Å²) >= 11 is 0. The number of nitrogens with zero attached hydrogens (tertiary/aromatic N) is 1. The number of hydrogen-bond donors (Lipinski definition) is 1. The summed E-state index contributed by atoms with van der Waals surface area (Å²) in [5.74, 6) is 0. The van der Waals surface area contributed by atoms with Gasteiger partial charge < -0.3 is 17.3 Å². The molecule has 2 rings (SSSR count). The minimum atomic E-state index is -6.00. The topological polar surface area (TPSA) is 19.7 Å². The van der Waals surface area contributed by atoms with E-state index in [0.717, 1.165) is 0 Å². The molecule has 0 saturated heterocycles. The predicted octanol–water partition coefficient (Wildman–Crippen LogP) is 2.90. The number of aromatic nitrogens is 2. The van der Waals surface area contributed by atoms with Gasteiger partial charge >= 0.3 is 7.25 Å². The van der Waals surface area contributed by atoms with Crippen LogP contribution in [-0.4, -0.2) is 12.2 Å². The van der Waals surface area contributed by atoms with E-state index in [9.17, 15) is 17.3 Å².